The molecule has 0 unspecified atom stereocenters. The molecule has 0 spiro atoms. The molecule has 1 aliphatic heterocycles. The van der Waals surface area contributed by atoms with E-state index >= 15 is 0 Å². The first kappa shape index (κ1) is 29.6. The molecule has 1 fully saturated rings. The first-order valence-electron chi connectivity index (χ1n) is 11.9. The van der Waals surface area contributed by atoms with Crippen LogP contribution in [-0.2, 0) is 11.3 Å². The second-order valence-corrected chi connectivity index (χ2v) is 9.48. The standard InChI is InChI=1S/C25H28ClF5N4O3/c1-15(36)12-21(37)32-14-16-2-4-18(23(28)22(16)27)24(38)33-19-5-3-17(26)13-20(19)35-10-8-34(9-11-35)7-6-25(29,30)31/h2-5,13,15,36H,6-12,14H2,1H3,(H,32,37)(H,33,38)/t15-/m0/s1. The number of carbonyl (C=O) groups is 2. The van der Waals surface area contributed by atoms with E-state index in [-0.39, 0.29) is 30.8 Å². The molecule has 0 saturated carbocycles. The van der Waals surface area contributed by atoms with E-state index < -0.39 is 47.7 Å². The number of aliphatic hydroxyl groups excluding tert-OH is 1. The van der Waals surface area contributed by atoms with E-state index in [2.05, 4.69) is 10.6 Å². The topological polar surface area (TPSA) is 84.9 Å². The third-order valence-electron chi connectivity index (χ3n) is 6.00. The smallest absolute Gasteiger partial charge is 0.390 e. The lowest BCUT2D eigenvalue weighted by Gasteiger charge is -2.37. The fourth-order valence-electron chi connectivity index (χ4n) is 3.99. The maximum Gasteiger partial charge on any atom is 0.390 e. The summed E-state index contributed by atoms with van der Waals surface area (Å²) in [5, 5.41) is 14.5. The van der Waals surface area contributed by atoms with E-state index in [1.165, 1.54) is 25.1 Å². The SMILES string of the molecule is C[C@H](O)CC(=O)NCc1ccc(C(=O)Nc2ccc(Cl)cc2N2CCN(CCC(F)(F)F)CC2)c(F)c1F. The number of amides is 2. The van der Waals surface area contributed by atoms with Crippen LogP contribution in [0.2, 0.25) is 5.02 Å². The van der Waals surface area contributed by atoms with Gasteiger partial charge in [0.05, 0.1) is 35.9 Å². The summed E-state index contributed by atoms with van der Waals surface area (Å²) in [6, 6.07) is 6.87. The van der Waals surface area contributed by atoms with E-state index in [4.69, 9.17) is 11.6 Å². The summed E-state index contributed by atoms with van der Waals surface area (Å²) in [6.45, 7) is 2.46. The van der Waals surface area contributed by atoms with Gasteiger partial charge in [-0.2, -0.15) is 13.2 Å². The monoisotopic (exact) mass is 562 g/mol. The fraction of sp³-hybridized carbons (Fsp3) is 0.440. The number of halogens is 6. The summed E-state index contributed by atoms with van der Waals surface area (Å²) in [6.07, 6.45) is -6.23. The number of nitrogens with zero attached hydrogens (tertiary/aromatic N) is 2. The average molecular weight is 563 g/mol. The van der Waals surface area contributed by atoms with Gasteiger partial charge < -0.3 is 20.6 Å². The van der Waals surface area contributed by atoms with Gasteiger partial charge >= 0.3 is 6.18 Å². The molecule has 13 heteroatoms. The van der Waals surface area contributed by atoms with E-state index in [0.717, 1.165) is 6.07 Å². The molecule has 2 aromatic carbocycles. The van der Waals surface area contributed by atoms with Crippen molar-refractivity contribution >= 4 is 34.8 Å². The number of aliphatic hydroxyl groups is 1. The Bertz CT molecular complexity index is 1150. The van der Waals surface area contributed by atoms with Crippen molar-refractivity contribution in [3.05, 3.63) is 58.1 Å². The maximum absolute atomic E-state index is 14.8. The molecule has 2 amide bonds. The van der Waals surface area contributed by atoms with Gasteiger partial charge in [-0.3, -0.25) is 14.5 Å². The lowest BCUT2D eigenvalue weighted by atomic mass is 10.1. The summed E-state index contributed by atoms with van der Waals surface area (Å²) in [4.78, 5) is 28.1. The number of piperazine rings is 1. The number of carbonyl (C=O) groups excluding carboxylic acids is 2. The summed E-state index contributed by atoms with van der Waals surface area (Å²) in [7, 11) is 0. The van der Waals surface area contributed by atoms with Crippen LogP contribution in [0.1, 0.15) is 35.7 Å². The number of benzene rings is 2. The molecular formula is C25H28ClF5N4O3. The van der Waals surface area contributed by atoms with Gasteiger partial charge in [0.15, 0.2) is 11.6 Å². The Balaban J connectivity index is 1.69. The molecule has 2 aromatic rings. The number of nitrogens with one attached hydrogen (secondary N) is 2. The number of alkyl halides is 3. The van der Waals surface area contributed by atoms with Crippen molar-refractivity contribution in [2.75, 3.05) is 42.9 Å². The van der Waals surface area contributed by atoms with Gasteiger partial charge in [0.2, 0.25) is 5.91 Å². The lowest BCUT2D eigenvalue weighted by Crippen LogP contribution is -2.47. The molecule has 1 aliphatic rings. The van der Waals surface area contributed by atoms with Crippen molar-refractivity contribution in [3.63, 3.8) is 0 Å². The van der Waals surface area contributed by atoms with Gasteiger partial charge in [0, 0.05) is 49.9 Å². The van der Waals surface area contributed by atoms with E-state index in [0.29, 0.717) is 36.9 Å². The Hall–Kier alpha value is -2.96. The van der Waals surface area contributed by atoms with Gasteiger partial charge in [-0.1, -0.05) is 17.7 Å². The van der Waals surface area contributed by atoms with Crippen LogP contribution in [0.5, 0.6) is 0 Å². The molecule has 0 bridgehead atoms. The predicted molar refractivity (Wildman–Crippen MR) is 133 cm³/mol. The molecule has 38 heavy (non-hydrogen) atoms. The van der Waals surface area contributed by atoms with Crippen molar-refractivity contribution in [2.24, 2.45) is 0 Å². The van der Waals surface area contributed by atoms with Gasteiger partial charge in [0.1, 0.15) is 0 Å². The first-order valence-corrected chi connectivity index (χ1v) is 12.3. The Morgan fingerprint density at radius 3 is 2.39 bits per heavy atom. The van der Waals surface area contributed by atoms with Gasteiger partial charge in [-0.15, -0.1) is 0 Å². The van der Waals surface area contributed by atoms with E-state index in [1.807, 2.05) is 4.90 Å². The summed E-state index contributed by atoms with van der Waals surface area (Å²) in [5.41, 5.74) is 0.0463. The van der Waals surface area contributed by atoms with Gasteiger partial charge in [-0.25, -0.2) is 8.78 Å². The zero-order valence-corrected chi connectivity index (χ0v) is 21.3. The maximum atomic E-state index is 14.8. The highest BCUT2D eigenvalue weighted by molar-refractivity contribution is 6.31. The van der Waals surface area contributed by atoms with Crippen LogP contribution in [0, 0.1) is 11.6 Å². The Morgan fingerprint density at radius 1 is 1.08 bits per heavy atom. The third-order valence-corrected chi connectivity index (χ3v) is 6.23. The molecule has 3 N–H and O–H groups in total. The first-order chi connectivity index (χ1) is 17.8. The van der Waals surface area contributed by atoms with Crippen molar-refractivity contribution in [3.8, 4) is 0 Å². The molecule has 1 heterocycles. The molecule has 1 saturated heterocycles. The Morgan fingerprint density at radius 2 is 1.76 bits per heavy atom. The van der Waals surface area contributed by atoms with E-state index in [9.17, 15) is 36.6 Å². The van der Waals surface area contributed by atoms with Crippen molar-refractivity contribution in [2.45, 2.75) is 38.6 Å². The van der Waals surface area contributed by atoms with Crippen LogP contribution in [0.15, 0.2) is 30.3 Å². The molecule has 0 aliphatic carbocycles. The largest absolute Gasteiger partial charge is 0.393 e. The quantitative estimate of drug-likeness (QED) is 0.396. The van der Waals surface area contributed by atoms with Crippen LogP contribution >= 0.6 is 11.6 Å². The number of rotatable bonds is 9. The molecule has 1 atom stereocenters. The molecular weight excluding hydrogens is 535 g/mol. The van der Waals surface area contributed by atoms with Crippen molar-refractivity contribution < 1.29 is 36.6 Å². The number of hydrogen-bond donors (Lipinski definition) is 3. The fourth-order valence-corrected chi connectivity index (χ4v) is 4.16. The van der Waals surface area contributed by atoms with Crippen LogP contribution < -0.4 is 15.5 Å². The lowest BCUT2D eigenvalue weighted by molar-refractivity contribution is -0.138. The van der Waals surface area contributed by atoms with Gasteiger partial charge in [0.25, 0.3) is 5.91 Å². The van der Waals surface area contributed by atoms with Crippen LogP contribution in [-0.4, -0.2) is 66.8 Å². The average Bonchev–Trinajstić information content (AvgIpc) is 2.84. The third kappa shape index (κ3) is 8.27. The van der Waals surface area contributed by atoms with Gasteiger partial charge in [-0.05, 0) is 31.2 Å². The normalized spacial score (nSPS) is 15.3. The number of anilines is 2. The summed E-state index contributed by atoms with van der Waals surface area (Å²) in [5.74, 6) is -4.14. The van der Waals surface area contributed by atoms with Crippen LogP contribution in [0.25, 0.3) is 0 Å². The second kappa shape index (κ2) is 12.7. The molecule has 208 valence electrons. The van der Waals surface area contributed by atoms with E-state index in [1.54, 1.807) is 11.0 Å². The van der Waals surface area contributed by atoms with Crippen LogP contribution in [0.4, 0.5) is 33.3 Å². The molecule has 0 radical (unpaired) electrons. The highest BCUT2D eigenvalue weighted by Gasteiger charge is 2.29. The minimum atomic E-state index is -4.24. The Labute approximate surface area is 221 Å². The predicted octanol–water partition coefficient (Wildman–Crippen LogP) is 4.33. The highest BCUT2D eigenvalue weighted by atomic mass is 35.5. The zero-order chi connectivity index (χ0) is 28.0. The minimum Gasteiger partial charge on any atom is -0.393 e. The zero-order valence-electron chi connectivity index (χ0n) is 20.5. The summed E-state index contributed by atoms with van der Waals surface area (Å²) >= 11 is 6.13. The molecule has 0 aromatic heterocycles. The van der Waals surface area contributed by atoms with Crippen molar-refractivity contribution in [1.82, 2.24) is 10.2 Å². The second-order valence-electron chi connectivity index (χ2n) is 9.04. The Kier molecular flexibility index (Phi) is 9.91. The minimum absolute atomic E-state index is 0.110. The highest BCUT2D eigenvalue weighted by Crippen LogP contribution is 2.31. The van der Waals surface area contributed by atoms with Crippen LogP contribution in [0.3, 0.4) is 0 Å². The molecule has 3 rings (SSSR count). The summed E-state index contributed by atoms with van der Waals surface area (Å²) < 4.78 is 67.0. The number of hydrogen-bond acceptors (Lipinski definition) is 5. The molecule has 7 nitrogen and oxygen atoms in total. The van der Waals surface area contributed by atoms with Crippen molar-refractivity contribution in [1.29, 1.82) is 0 Å².